The van der Waals surface area contributed by atoms with Crippen molar-refractivity contribution in [3.05, 3.63) is 0 Å². The standard InChI is InChI=1S/C9H16O3/c1-9(2,12-3)5-6-4-7(6)8(10)11/h6-7H,4-5H2,1-3H3,(H,10,11)/t6-,7+/m0/s1. The predicted molar refractivity (Wildman–Crippen MR) is 44.9 cm³/mol. The van der Waals surface area contributed by atoms with Gasteiger partial charge in [-0.3, -0.25) is 4.79 Å². The van der Waals surface area contributed by atoms with Crippen molar-refractivity contribution in [1.82, 2.24) is 0 Å². The predicted octanol–water partition coefficient (Wildman–Crippen LogP) is 1.52. The van der Waals surface area contributed by atoms with Crippen LogP contribution < -0.4 is 0 Å². The van der Waals surface area contributed by atoms with Gasteiger partial charge in [-0.15, -0.1) is 0 Å². The van der Waals surface area contributed by atoms with E-state index in [0.29, 0.717) is 5.92 Å². The Balaban J connectivity index is 2.32. The maximum Gasteiger partial charge on any atom is 0.306 e. The van der Waals surface area contributed by atoms with Crippen molar-refractivity contribution in [2.45, 2.75) is 32.3 Å². The van der Waals surface area contributed by atoms with Crippen LogP contribution in [0.5, 0.6) is 0 Å². The Labute approximate surface area is 72.7 Å². The zero-order chi connectivity index (χ0) is 9.35. The summed E-state index contributed by atoms with van der Waals surface area (Å²) in [6, 6.07) is 0. The Hall–Kier alpha value is -0.570. The van der Waals surface area contributed by atoms with Gasteiger partial charge in [0.25, 0.3) is 0 Å². The third kappa shape index (κ3) is 2.21. The Kier molecular flexibility index (Phi) is 2.42. The van der Waals surface area contributed by atoms with Crippen LogP contribution in [0.25, 0.3) is 0 Å². The molecule has 12 heavy (non-hydrogen) atoms. The van der Waals surface area contributed by atoms with Gasteiger partial charge >= 0.3 is 5.97 Å². The fourth-order valence-corrected chi connectivity index (χ4v) is 1.49. The van der Waals surface area contributed by atoms with Gasteiger partial charge in [0, 0.05) is 7.11 Å². The van der Waals surface area contributed by atoms with Crippen molar-refractivity contribution in [2.75, 3.05) is 7.11 Å². The highest BCUT2D eigenvalue weighted by atomic mass is 16.5. The molecule has 2 atom stereocenters. The van der Waals surface area contributed by atoms with Crippen molar-refractivity contribution in [3.63, 3.8) is 0 Å². The lowest BCUT2D eigenvalue weighted by atomic mass is 10.0. The molecule has 0 heterocycles. The first-order valence-corrected chi connectivity index (χ1v) is 4.24. The molecule has 3 nitrogen and oxygen atoms in total. The van der Waals surface area contributed by atoms with E-state index in [0.717, 1.165) is 12.8 Å². The van der Waals surface area contributed by atoms with Crippen LogP contribution in [0.4, 0.5) is 0 Å². The van der Waals surface area contributed by atoms with Crippen LogP contribution in [0.1, 0.15) is 26.7 Å². The van der Waals surface area contributed by atoms with Gasteiger partial charge in [-0.05, 0) is 32.6 Å². The van der Waals surface area contributed by atoms with Crippen LogP contribution in [0.2, 0.25) is 0 Å². The topological polar surface area (TPSA) is 46.5 Å². The largest absolute Gasteiger partial charge is 0.481 e. The Morgan fingerprint density at radius 1 is 1.67 bits per heavy atom. The van der Waals surface area contributed by atoms with Gasteiger partial charge in [0.15, 0.2) is 0 Å². The number of ether oxygens (including phenoxy) is 1. The number of hydrogen-bond donors (Lipinski definition) is 1. The minimum absolute atomic E-state index is 0.112. The van der Waals surface area contributed by atoms with Gasteiger partial charge in [0.2, 0.25) is 0 Å². The normalized spacial score (nSPS) is 28.6. The summed E-state index contributed by atoms with van der Waals surface area (Å²) in [7, 11) is 1.66. The third-order valence-corrected chi connectivity index (χ3v) is 2.55. The quantitative estimate of drug-likeness (QED) is 0.699. The lowest BCUT2D eigenvalue weighted by Gasteiger charge is -2.22. The molecule has 0 aliphatic heterocycles. The van der Waals surface area contributed by atoms with E-state index >= 15 is 0 Å². The Bertz CT molecular complexity index is 186. The summed E-state index contributed by atoms with van der Waals surface area (Å²) in [5, 5.41) is 8.65. The smallest absolute Gasteiger partial charge is 0.306 e. The van der Waals surface area contributed by atoms with E-state index in [-0.39, 0.29) is 11.5 Å². The van der Waals surface area contributed by atoms with Gasteiger partial charge in [-0.25, -0.2) is 0 Å². The molecule has 70 valence electrons. The first-order chi connectivity index (χ1) is 5.46. The SMILES string of the molecule is COC(C)(C)C[C@@H]1C[C@H]1C(=O)O. The fourth-order valence-electron chi connectivity index (χ4n) is 1.49. The van der Waals surface area contributed by atoms with Crippen LogP contribution in [0.15, 0.2) is 0 Å². The summed E-state index contributed by atoms with van der Waals surface area (Å²) in [6.07, 6.45) is 1.67. The molecule has 0 spiro atoms. The van der Waals surface area contributed by atoms with E-state index in [1.807, 2.05) is 13.8 Å². The summed E-state index contributed by atoms with van der Waals surface area (Å²) in [5.74, 6) is -0.441. The van der Waals surface area contributed by atoms with Crippen molar-refractivity contribution in [3.8, 4) is 0 Å². The molecule has 1 aliphatic rings. The summed E-state index contributed by atoms with van der Waals surface area (Å²) in [4.78, 5) is 10.5. The molecule has 0 saturated heterocycles. The number of aliphatic carboxylic acids is 1. The lowest BCUT2D eigenvalue weighted by Crippen LogP contribution is -2.23. The molecule has 1 N–H and O–H groups in total. The van der Waals surface area contributed by atoms with Gasteiger partial charge in [-0.1, -0.05) is 0 Å². The zero-order valence-corrected chi connectivity index (χ0v) is 7.83. The lowest BCUT2D eigenvalue weighted by molar-refractivity contribution is -0.139. The second-order valence-corrected chi connectivity index (χ2v) is 4.11. The first-order valence-electron chi connectivity index (χ1n) is 4.24. The number of carboxylic acid groups (broad SMARTS) is 1. The van der Waals surface area contributed by atoms with Crippen LogP contribution in [0, 0.1) is 11.8 Å². The molecule has 1 saturated carbocycles. The molecular weight excluding hydrogens is 156 g/mol. The molecule has 0 unspecified atom stereocenters. The summed E-state index contributed by atoms with van der Waals surface area (Å²) in [6.45, 7) is 3.98. The second-order valence-electron chi connectivity index (χ2n) is 4.11. The van der Waals surface area contributed by atoms with Crippen LogP contribution >= 0.6 is 0 Å². The van der Waals surface area contributed by atoms with Gasteiger partial charge < -0.3 is 9.84 Å². The molecule has 1 rings (SSSR count). The average molecular weight is 172 g/mol. The monoisotopic (exact) mass is 172 g/mol. The van der Waals surface area contributed by atoms with Crippen molar-refractivity contribution >= 4 is 5.97 Å². The molecule has 0 amide bonds. The molecular formula is C9H16O3. The minimum Gasteiger partial charge on any atom is -0.481 e. The van der Waals surface area contributed by atoms with Crippen molar-refractivity contribution < 1.29 is 14.6 Å². The van der Waals surface area contributed by atoms with E-state index in [4.69, 9.17) is 9.84 Å². The molecule has 0 bridgehead atoms. The number of methoxy groups -OCH3 is 1. The fraction of sp³-hybridized carbons (Fsp3) is 0.889. The highest BCUT2D eigenvalue weighted by Crippen LogP contribution is 2.44. The summed E-state index contributed by atoms with van der Waals surface area (Å²) < 4.78 is 5.22. The highest BCUT2D eigenvalue weighted by molar-refractivity contribution is 5.73. The molecule has 1 fully saturated rings. The third-order valence-electron chi connectivity index (χ3n) is 2.55. The number of carbonyl (C=O) groups is 1. The van der Waals surface area contributed by atoms with Crippen LogP contribution in [0.3, 0.4) is 0 Å². The van der Waals surface area contributed by atoms with Crippen LogP contribution in [-0.2, 0) is 9.53 Å². The zero-order valence-electron chi connectivity index (χ0n) is 7.83. The van der Waals surface area contributed by atoms with Gasteiger partial charge in [0.05, 0.1) is 11.5 Å². The average Bonchev–Trinajstić information content (AvgIpc) is 2.67. The maximum atomic E-state index is 10.5. The number of rotatable bonds is 4. The minimum atomic E-state index is -0.660. The van der Waals surface area contributed by atoms with E-state index in [9.17, 15) is 4.79 Å². The molecule has 0 aromatic heterocycles. The van der Waals surface area contributed by atoms with E-state index in [1.54, 1.807) is 7.11 Å². The Morgan fingerprint density at radius 2 is 2.25 bits per heavy atom. The molecule has 0 aromatic carbocycles. The van der Waals surface area contributed by atoms with Gasteiger partial charge in [0.1, 0.15) is 0 Å². The molecule has 3 heteroatoms. The first kappa shape index (κ1) is 9.52. The summed E-state index contributed by atoms with van der Waals surface area (Å²) in [5.41, 5.74) is -0.172. The Morgan fingerprint density at radius 3 is 2.58 bits per heavy atom. The molecule has 0 aromatic rings. The van der Waals surface area contributed by atoms with Crippen molar-refractivity contribution in [1.29, 1.82) is 0 Å². The molecule has 0 radical (unpaired) electrons. The van der Waals surface area contributed by atoms with Gasteiger partial charge in [-0.2, -0.15) is 0 Å². The van der Waals surface area contributed by atoms with E-state index < -0.39 is 5.97 Å². The number of hydrogen-bond acceptors (Lipinski definition) is 2. The van der Waals surface area contributed by atoms with E-state index in [1.165, 1.54) is 0 Å². The molecule has 1 aliphatic carbocycles. The van der Waals surface area contributed by atoms with Crippen LogP contribution in [-0.4, -0.2) is 23.8 Å². The van der Waals surface area contributed by atoms with Crippen molar-refractivity contribution in [2.24, 2.45) is 11.8 Å². The maximum absolute atomic E-state index is 10.5. The van der Waals surface area contributed by atoms with E-state index in [2.05, 4.69) is 0 Å². The highest BCUT2D eigenvalue weighted by Gasteiger charge is 2.45. The number of carboxylic acids is 1. The second kappa shape index (κ2) is 3.05. The summed E-state index contributed by atoms with van der Waals surface area (Å²) >= 11 is 0.